The molecule has 1 aromatic rings. The molecule has 0 aliphatic rings. The van der Waals surface area contributed by atoms with Crippen molar-refractivity contribution < 1.29 is 20.1 Å². The predicted molar refractivity (Wildman–Crippen MR) is 70.4 cm³/mol. The van der Waals surface area contributed by atoms with E-state index < -0.39 is 11.7 Å². The van der Waals surface area contributed by atoms with Crippen LogP contribution < -0.4 is 4.74 Å². The summed E-state index contributed by atoms with van der Waals surface area (Å²) in [5.74, 6) is 0.624. The summed E-state index contributed by atoms with van der Waals surface area (Å²) in [7, 11) is 0. The molecule has 0 saturated carbocycles. The highest BCUT2D eigenvalue weighted by Gasteiger charge is 2.24. The number of hydrogen-bond acceptors (Lipinski definition) is 4. The fourth-order valence-corrected chi connectivity index (χ4v) is 1.24. The standard InChI is InChI=1S/C14H20O4/c1-14(2,17)13(16)10-18-12-7-5-11(6-8-12)4-3-9-15/h3-8,13,15-17H,9-10H2,1-2H3/b4-3+/t13-/m1/s1. The van der Waals surface area contributed by atoms with Crippen LogP contribution in [0.3, 0.4) is 0 Å². The van der Waals surface area contributed by atoms with Crippen molar-refractivity contribution in [2.75, 3.05) is 13.2 Å². The maximum Gasteiger partial charge on any atom is 0.119 e. The fraction of sp³-hybridized carbons (Fsp3) is 0.429. The second-order valence-electron chi connectivity index (χ2n) is 4.63. The normalized spacial score (nSPS) is 13.8. The summed E-state index contributed by atoms with van der Waals surface area (Å²) < 4.78 is 5.37. The minimum atomic E-state index is -1.18. The van der Waals surface area contributed by atoms with E-state index in [2.05, 4.69) is 0 Å². The van der Waals surface area contributed by atoms with E-state index in [4.69, 9.17) is 9.84 Å². The van der Waals surface area contributed by atoms with Crippen LogP contribution in [0.15, 0.2) is 30.3 Å². The first-order chi connectivity index (χ1) is 8.43. The summed E-state index contributed by atoms with van der Waals surface area (Å²) in [6.07, 6.45) is 2.51. The Morgan fingerprint density at radius 1 is 1.28 bits per heavy atom. The number of hydrogen-bond donors (Lipinski definition) is 3. The lowest BCUT2D eigenvalue weighted by molar-refractivity contribution is -0.0661. The fourth-order valence-electron chi connectivity index (χ4n) is 1.24. The quantitative estimate of drug-likeness (QED) is 0.711. The monoisotopic (exact) mass is 252 g/mol. The molecule has 0 bridgehead atoms. The number of benzene rings is 1. The smallest absolute Gasteiger partial charge is 0.119 e. The molecule has 1 atom stereocenters. The van der Waals surface area contributed by atoms with Crippen molar-refractivity contribution >= 4 is 6.08 Å². The van der Waals surface area contributed by atoms with Crippen LogP contribution in [0.5, 0.6) is 5.75 Å². The molecule has 0 saturated heterocycles. The maximum absolute atomic E-state index is 9.60. The molecule has 0 heterocycles. The molecule has 1 rings (SSSR count). The number of aliphatic hydroxyl groups excluding tert-OH is 2. The Bertz CT molecular complexity index is 376. The Balaban J connectivity index is 2.52. The number of rotatable bonds is 6. The molecule has 0 aliphatic carbocycles. The van der Waals surface area contributed by atoms with Crippen molar-refractivity contribution in [1.29, 1.82) is 0 Å². The van der Waals surface area contributed by atoms with Crippen molar-refractivity contribution in [3.63, 3.8) is 0 Å². The van der Waals surface area contributed by atoms with E-state index in [1.807, 2.05) is 12.1 Å². The molecular formula is C14H20O4. The van der Waals surface area contributed by atoms with Crippen molar-refractivity contribution in [1.82, 2.24) is 0 Å². The topological polar surface area (TPSA) is 69.9 Å². The zero-order valence-electron chi connectivity index (χ0n) is 10.7. The van der Waals surface area contributed by atoms with E-state index in [9.17, 15) is 10.2 Å². The molecule has 0 radical (unpaired) electrons. The van der Waals surface area contributed by atoms with Gasteiger partial charge in [0.1, 0.15) is 18.5 Å². The average Bonchev–Trinajstić information content (AvgIpc) is 2.33. The van der Waals surface area contributed by atoms with Crippen LogP contribution in [-0.2, 0) is 0 Å². The van der Waals surface area contributed by atoms with Crippen LogP contribution in [0.2, 0.25) is 0 Å². The van der Waals surface area contributed by atoms with Gasteiger partial charge in [0, 0.05) is 0 Å². The molecule has 0 aromatic heterocycles. The van der Waals surface area contributed by atoms with E-state index >= 15 is 0 Å². The summed E-state index contributed by atoms with van der Waals surface area (Å²) in [4.78, 5) is 0. The molecule has 4 nitrogen and oxygen atoms in total. The Morgan fingerprint density at radius 3 is 2.39 bits per heavy atom. The van der Waals surface area contributed by atoms with Crippen LogP contribution >= 0.6 is 0 Å². The molecule has 0 unspecified atom stereocenters. The Labute approximate surface area is 107 Å². The lowest BCUT2D eigenvalue weighted by Gasteiger charge is -2.24. The Kier molecular flexibility index (Phi) is 5.34. The van der Waals surface area contributed by atoms with Crippen LogP contribution in [0.1, 0.15) is 19.4 Å². The van der Waals surface area contributed by atoms with E-state index in [1.165, 1.54) is 13.8 Å². The summed E-state index contributed by atoms with van der Waals surface area (Å²) in [6, 6.07) is 7.23. The molecule has 4 heteroatoms. The molecule has 0 aliphatic heterocycles. The third-order valence-electron chi connectivity index (χ3n) is 2.52. The SMILES string of the molecule is CC(C)(O)[C@H](O)COc1ccc(/C=C/CO)cc1. The molecular weight excluding hydrogens is 232 g/mol. The van der Waals surface area contributed by atoms with Gasteiger partial charge < -0.3 is 20.1 Å². The third kappa shape index (κ3) is 4.87. The first-order valence-electron chi connectivity index (χ1n) is 5.84. The lowest BCUT2D eigenvalue weighted by atomic mass is 10.0. The minimum Gasteiger partial charge on any atom is -0.491 e. The van der Waals surface area contributed by atoms with Gasteiger partial charge in [-0.05, 0) is 31.5 Å². The molecule has 100 valence electrons. The molecule has 0 amide bonds. The Morgan fingerprint density at radius 2 is 1.89 bits per heavy atom. The minimum absolute atomic E-state index is 0.00995. The highest BCUT2D eigenvalue weighted by molar-refractivity contribution is 5.50. The summed E-state index contributed by atoms with van der Waals surface area (Å²) in [5, 5.41) is 27.8. The van der Waals surface area contributed by atoms with Crippen LogP contribution in [0.4, 0.5) is 0 Å². The molecule has 0 spiro atoms. The van der Waals surface area contributed by atoms with Crippen molar-refractivity contribution in [2.45, 2.75) is 25.6 Å². The van der Waals surface area contributed by atoms with Crippen molar-refractivity contribution in [3.05, 3.63) is 35.9 Å². The van der Waals surface area contributed by atoms with Gasteiger partial charge in [-0.1, -0.05) is 24.3 Å². The van der Waals surface area contributed by atoms with Crippen molar-refractivity contribution in [3.8, 4) is 5.75 Å². The first kappa shape index (κ1) is 14.7. The average molecular weight is 252 g/mol. The number of ether oxygens (including phenoxy) is 1. The highest BCUT2D eigenvalue weighted by atomic mass is 16.5. The van der Waals surface area contributed by atoms with E-state index in [-0.39, 0.29) is 13.2 Å². The van der Waals surface area contributed by atoms with Gasteiger partial charge in [0.15, 0.2) is 0 Å². The Hall–Kier alpha value is -1.36. The summed E-state index contributed by atoms with van der Waals surface area (Å²) in [5.41, 5.74) is -0.219. The van der Waals surface area contributed by atoms with E-state index in [0.717, 1.165) is 5.56 Å². The van der Waals surface area contributed by atoms with Crippen LogP contribution in [0.25, 0.3) is 6.08 Å². The van der Waals surface area contributed by atoms with Crippen LogP contribution in [0, 0.1) is 0 Å². The van der Waals surface area contributed by atoms with Gasteiger partial charge in [0.2, 0.25) is 0 Å². The van der Waals surface area contributed by atoms with E-state index in [1.54, 1.807) is 24.3 Å². The van der Waals surface area contributed by atoms with E-state index in [0.29, 0.717) is 5.75 Å². The highest BCUT2D eigenvalue weighted by Crippen LogP contribution is 2.15. The first-order valence-corrected chi connectivity index (χ1v) is 5.84. The van der Waals surface area contributed by atoms with Gasteiger partial charge in [-0.25, -0.2) is 0 Å². The lowest BCUT2D eigenvalue weighted by Crippen LogP contribution is -2.40. The molecule has 0 fully saturated rings. The van der Waals surface area contributed by atoms with Gasteiger partial charge in [-0.15, -0.1) is 0 Å². The molecule has 1 aromatic carbocycles. The van der Waals surface area contributed by atoms with Gasteiger partial charge in [-0.2, -0.15) is 0 Å². The largest absolute Gasteiger partial charge is 0.491 e. The van der Waals surface area contributed by atoms with Gasteiger partial charge in [0.25, 0.3) is 0 Å². The maximum atomic E-state index is 9.60. The zero-order valence-corrected chi connectivity index (χ0v) is 10.7. The zero-order chi connectivity index (χ0) is 13.6. The summed E-state index contributed by atoms with van der Waals surface area (Å²) in [6.45, 7) is 3.11. The van der Waals surface area contributed by atoms with Gasteiger partial charge in [-0.3, -0.25) is 0 Å². The molecule has 3 N–H and O–H groups in total. The predicted octanol–water partition coefficient (Wildman–Crippen LogP) is 1.20. The third-order valence-corrected chi connectivity index (χ3v) is 2.52. The second-order valence-corrected chi connectivity index (χ2v) is 4.63. The van der Waals surface area contributed by atoms with Crippen molar-refractivity contribution in [2.24, 2.45) is 0 Å². The number of aliphatic hydroxyl groups is 3. The summed E-state index contributed by atoms with van der Waals surface area (Å²) >= 11 is 0. The van der Waals surface area contributed by atoms with Gasteiger partial charge >= 0.3 is 0 Å². The van der Waals surface area contributed by atoms with Crippen LogP contribution in [-0.4, -0.2) is 40.2 Å². The second kappa shape index (κ2) is 6.54. The van der Waals surface area contributed by atoms with Gasteiger partial charge in [0.05, 0.1) is 12.2 Å². The molecule has 18 heavy (non-hydrogen) atoms.